The Balaban J connectivity index is 0.000000238. The summed E-state index contributed by atoms with van der Waals surface area (Å²) in [4.78, 5) is 44.1. The maximum Gasteiger partial charge on any atom is 0.435 e. The Labute approximate surface area is 468 Å². The molecule has 0 aromatic heterocycles. The maximum atomic E-state index is 14.4. The van der Waals surface area contributed by atoms with E-state index in [1.807, 2.05) is 0 Å². The molecule has 8 rings (SSSR count). The fraction of sp³-hybridized carbons (Fsp3) is 0.288. The number of halogens is 14. The van der Waals surface area contributed by atoms with E-state index in [2.05, 4.69) is 41.7 Å². The van der Waals surface area contributed by atoms with Crippen LogP contribution >= 0.6 is 46.4 Å². The minimum Gasteiger partial charge on any atom is -0.393 e. The minimum atomic E-state index is -4.96. The number of hydrogen-bond donors (Lipinski definition) is 3. The van der Waals surface area contributed by atoms with Gasteiger partial charge in [-0.3, -0.25) is 9.59 Å². The first kappa shape index (κ1) is 62.7. The number of rotatable bonds is 17. The molecule has 2 unspecified atom stereocenters. The summed E-state index contributed by atoms with van der Waals surface area (Å²) in [7, 11) is 2.87. The Hall–Kier alpha value is -6.51. The van der Waals surface area contributed by atoms with Crippen molar-refractivity contribution in [2.24, 2.45) is 21.4 Å². The Morgan fingerprint density at radius 1 is 0.662 bits per heavy atom. The molecule has 0 radical (unpaired) electrons. The van der Waals surface area contributed by atoms with E-state index < -0.39 is 111 Å². The molecule has 0 saturated heterocycles. The molecule has 2 aliphatic heterocycles. The van der Waals surface area contributed by atoms with Gasteiger partial charge in [-0.15, -0.1) is 0 Å². The van der Waals surface area contributed by atoms with Crippen molar-refractivity contribution in [3.8, 4) is 0 Å². The van der Waals surface area contributed by atoms with Gasteiger partial charge in [0.05, 0.1) is 57.4 Å². The lowest BCUT2D eigenvalue weighted by atomic mass is 9.85. The SMILES string of the molecule is COC(CNC(=O)c1ccc(C2=NOC(c3cc(Cl)c(F)c(Cl)c3)(C(F)(F)F)C2)c2ccccc12)OC.NOCCF.O=C(NC/C=N/OCCF)c1ccc(C2=NOC(c3cc(Cl)c(F)c(Cl)c3)(C(F)(F)F)C2)c2ccccc12. The molecule has 0 saturated carbocycles. The highest BCUT2D eigenvalue weighted by atomic mass is 35.5. The number of ether oxygens (including phenoxy) is 2. The number of nitrogens with one attached hydrogen (secondary N) is 2. The summed E-state index contributed by atoms with van der Waals surface area (Å²) >= 11 is 23.1. The smallest absolute Gasteiger partial charge is 0.393 e. The van der Waals surface area contributed by atoms with E-state index in [4.69, 9.17) is 65.6 Å². The van der Waals surface area contributed by atoms with Crippen molar-refractivity contribution in [3.63, 3.8) is 0 Å². The zero-order valence-electron chi connectivity index (χ0n) is 41.5. The van der Waals surface area contributed by atoms with Crippen LogP contribution in [0.1, 0.15) is 55.8 Å². The molecule has 428 valence electrons. The molecule has 0 fully saturated rings. The van der Waals surface area contributed by atoms with E-state index in [0.717, 1.165) is 24.3 Å². The summed E-state index contributed by atoms with van der Waals surface area (Å²) in [5.41, 5.74) is -5.74. The average Bonchev–Trinajstić information content (AvgIpc) is 4.11. The minimum absolute atomic E-state index is 0. The molecule has 0 bridgehead atoms. The number of nitrogens with zero attached hydrogens (tertiary/aromatic N) is 3. The van der Waals surface area contributed by atoms with Crippen molar-refractivity contribution < 1.29 is 82.3 Å². The standard InChI is InChI=1S/C25H18Cl2F5N3O3.C25H20Cl2F4N2O4.C2H6FNO/c26-19-11-14(12-20(27)22(19)29)24(25(30,31)32)13-21(35-38-24)17-5-6-18(16-4-2-1-3-15(16)17)23(36)33-8-9-34-37-10-7-28;1-35-21(36-2)12-32-23(34)17-8-7-16(14-5-3-4-6-15(14)17)20-11-24(37-33-20,25(29,30)31)13-9-18(26)22(28)19(27)10-13;3-1-2-5-4/h1-6,9,11-12H,7-8,10,13H2,(H,33,36);3-10,21H,11-12H2,1-2H3,(H,32,34);1-2,4H2/b34-9+;;. The molecule has 0 spiro atoms. The number of fused-ring (bicyclic) bond motifs is 2. The number of alkyl halides is 8. The van der Waals surface area contributed by atoms with Gasteiger partial charge in [0.1, 0.15) is 20.0 Å². The van der Waals surface area contributed by atoms with E-state index in [0.29, 0.717) is 38.2 Å². The lowest BCUT2D eigenvalue weighted by molar-refractivity contribution is -0.276. The van der Waals surface area contributed by atoms with E-state index in [-0.39, 0.29) is 43.3 Å². The zero-order valence-corrected chi connectivity index (χ0v) is 44.5. The van der Waals surface area contributed by atoms with E-state index in [9.17, 15) is 53.5 Å². The van der Waals surface area contributed by atoms with Gasteiger partial charge in [0.25, 0.3) is 23.0 Å². The van der Waals surface area contributed by atoms with Gasteiger partial charge < -0.3 is 39.5 Å². The Morgan fingerprint density at radius 2 is 1.06 bits per heavy atom. The molecule has 0 aliphatic carbocycles. The topological polar surface area (TPSA) is 177 Å². The van der Waals surface area contributed by atoms with Crippen molar-refractivity contribution in [3.05, 3.63) is 162 Å². The van der Waals surface area contributed by atoms with Crippen LogP contribution in [-0.2, 0) is 40.0 Å². The molecular weight excluding hydrogens is 1170 g/mol. The number of nitrogens with two attached hydrogens (primary N) is 1. The molecule has 2 amide bonds. The monoisotopic (exact) mass is 1210 g/mol. The summed E-state index contributed by atoms with van der Waals surface area (Å²) in [6.07, 6.45) is -10.8. The highest BCUT2D eigenvalue weighted by molar-refractivity contribution is 6.35. The number of oxime groups is 3. The highest BCUT2D eigenvalue weighted by Crippen LogP contribution is 2.52. The molecule has 2 atom stereocenters. The second-order valence-electron chi connectivity index (χ2n) is 16.9. The van der Waals surface area contributed by atoms with Crippen LogP contribution in [0.25, 0.3) is 21.5 Å². The molecule has 2 heterocycles. The van der Waals surface area contributed by atoms with Crippen molar-refractivity contribution in [1.82, 2.24) is 10.6 Å². The lowest BCUT2D eigenvalue weighted by Crippen LogP contribution is -2.42. The molecule has 4 N–H and O–H groups in total. The molecule has 2 aliphatic rings. The first-order valence-corrected chi connectivity index (χ1v) is 24.7. The number of carbonyl (C=O) groups is 2. The van der Waals surface area contributed by atoms with Crippen LogP contribution in [0.4, 0.5) is 43.9 Å². The first-order chi connectivity index (χ1) is 38.0. The number of benzene rings is 6. The van der Waals surface area contributed by atoms with Crippen molar-refractivity contribution in [2.75, 3.05) is 53.9 Å². The maximum absolute atomic E-state index is 14.4. The van der Waals surface area contributed by atoms with Crippen molar-refractivity contribution in [1.29, 1.82) is 0 Å². The predicted octanol–water partition coefficient (Wildman–Crippen LogP) is 12.6. The Kier molecular flexibility index (Phi) is 21.4. The van der Waals surface area contributed by atoms with Gasteiger partial charge in [0, 0.05) is 60.4 Å². The summed E-state index contributed by atoms with van der Waals surface area (Å²) in [6, 6.07) is 22.5. The third-order valence-corrected chi connectivity index (χ3v) is 13.2. The van der Waals surface area contributed by atoms with Crippen molar-refractivity contribution >= 4 is 97.4 Å². The lowest BCUT2D eigenvalue weighted by Gasteiger charge is -2.29. The van der Waals surface area contributed by atoms with Crippen LogP contribution in [0, 0.1) is 11.6 Å². The second kappa shape index (κ2) is 27.3. The first-order valence-electron chi connectivity index (χ1n) is 23.2. The van der Waals surface area contributed by atoms with E-state index >= 15 is 0 Å². The fourth-order valence-electron chi connectivity index (χ4n) is 8.16. The van der Waals surface area contributed by atoms with Gasteiger partial charge in [-0.05, 0) is 57.9 Å². The normalized spacial score (nSPS) is 17.0. The number of amides is 2. The molecular formula is C52H44Cl4F10N6O8. The van der Waals surface area contributed by atoms with Gasteiger partial charge in [-0.25, -0.2) is 23.5 Å². The predicted molar refractivity (Wildman–Crippen MR) is 280 cm³/mol. The Morgan fingerprint density at radius 3 is 1.43 bits per heavy atom. The molecule has 6 aromatic carbocycles. The van der Waals surface area contributed by atoms with Gasteiger partial charge in [0.15, 0.2) is 17.9 Å². The number of carbonyl (C=O) groups excluding carboxylic acids is 2. The Bertz CT molecular complexity index is 3250. The highest BCUT2D eigenvalue weighted by Gasteiger charge is 2.64. The van der Waals surface area contributed by atoms with Crippen LogP contribution in [0.3, 0.4) is 0 Å². The molecule has 80 heavy (non-hydrogen) atoms. The summed E-state index contributed by atoms with van der Waals surface area (Å²) in [5, 5.41) is 15.9. The number of methoxy groups -OCH3 is 2. The van der Waals surface area contributed by atoms with Crippen molar-refractivity contribution in [2.45, 2.75) is 42.7 Å². The third kappa shape index (κ3) is 13.8. The second-order valence-corrected chi connectivity index (χ2v) is 18.5. The van der Waals surface area contributed by atoms with Gasteiger partial charge in [-0.2, -0.15) is 26.3 Å². The molecule has 6 aromatic rings. The van der Waals surface area contributed by atoms with Crippen LogP contribution in [0.15, 0.2) is 113 Å². The zero-order chi connectivity index (χ0) is 58.6. The largest absolute Gasteiger partial charge is 0.435 e. The molecule has 28 heteroatoms. The van der Waals surface area contributed by atoms with Gasteiger partial charge >= 0.3 is 12.4 Å². The van der Waals surface area contributed by atoms with Crippen LogP contribution in [0.2, 0.25) is 20.1 Å². The third-order valence-electron chi connectivity index (χ3n) is 12.1. The fourth-order valence-corrected chi connectivity index (χ4v) is 9.13. The van der Waals surface area contributed by atoms with E-state index in [1.54, 1.807) is 48.5 Å². The van der Waals surface area contributed by atoms with Crippen LogP contribution < -0.4 is 16.5 Å². The molecule has 14 nitrogen and oxygen atoms in total. The van der Waals surface area contributed by atoms with Crippen LogP contribution in [0.5, 0.6) is 0 Å². The summed E-state index contributed by atoms with van der Waals surface area (Å²) < 4.78 is 147. The van der Waals surface area contributed by atoms with E-state index in [1.165, 1.54) is 44.7 Å². The van der Waals surface area contributed by atoms with Gasteiger partial charge in [-0.1, -0.05) is 123 Å². The quantitative estimate of drug-likeness (QED) is 0.0200. The average molecular weight is 1210 g/mol. The van der Waals surface area contributed by atoms with Gasteiger partial charge in [0.2, 0.25) is 0 Å². The summed E-state index contributed by atoms with van der Waals surface area (Å²) in [5.74, 6) is 1.41. The number of hydrogen-bond acceptors (Lipinski definition) is 12. The summed E-state index contributed by atoms with van der Waals surface area (Å²) in [6.45, 7) is -1.33. The van der Waals surface area contributed by atoms with Crippen LogP contribution in [-0.4, -0.2) is 102 Å².